The summed E-state index contributed by atoms with van der Waals surface area (Å²) in [6, 6.07) is 6.15. The first-order chi connectivity index (χ1) is 7.40. The first-order valence-corrected chi connectivity index (χ1v) is 5.18. The first-order valence-electron chi connectivity index (χ1n) is 5.18. The van der Waals surface area contributed by atoms with Gasteiger partial charge in [-0.15, -0.1) is 0 Å². The van der Waals surface area contributed by atoms with Crippen LogP contribution >= 0.6 is 0 Å². The molecular weight excluding hydrogens is 190 g/mol. The van der Waals surface area contributed by atoms with Crippen molar-refractivity contribution >= 4 is 0 Å². The summed E-state index contributed by atoms with van der Waals surface area (Å²) in [6.07, 6.45) is 6.02. The van der Waals surface area contributed by atoms with E-state index in [4.69, 9.17) is 8.83 Å². The van der Waals surface area contributed by atoms with E-state index < -0.39 is 0 Å². The summed E-state index contributed by atoms with van der Waals surface area (Å²) >= 11 is 0. The maximum atomic E-state index is 5.34. The van der Waals surface area contributed by atoms with Crippen LogP contribution in [0.3, 0.4) is 0 Å². The Morgan fingerprint density at radius 1 is 1.33 bits per heavy atom. The van der Waals surface area contributed by atoms with Crippen LogP contribution in [0.25, 0.3) is 0 Å². The third-order valence-electron chi connectivity index (χ3n) is 2.38. The molecule has 0 saturated carbocycles. The lowest BCUT2D eigenvalue weighted by Crippen LogP contribution is -2.22. The molecule has 1 unspecified atom stereocenters. The lowest BCUT2D eigenvalue weighted by atomic mass is 10.1. The van der Waals surface area contributed by atoms with E-state index in [1.165, 1.54) is 0 Å². The second-order valence-electron chi connectivity index (χ2n) is 3.45. The van der Waals surface area contributed by atoms with Crippen LogP contribution in [0.2, 0.25) is 0 Å². The number of hydrogen-bond acceptors (Lipinski definition) is 3. The van der Waals surface area contributed by atoms with Crippen molar-refractivity contribution in [1.82, 2.24) is 5.32 Å². The number of hydrogen-bond donors (Lipinski definition) is 1. The fraction of sp³-hybridized carbons (Fsp3) is 0.333. The van der Waals surface area contributed by atoms with Gasteiger partial charge in [-0.3, -0.25) is 0 Å². The van der Waals surface area contributed by atoms with E-state index in [0.29, 0.717) is 0 Å². The molecule has 2 rings (SSSR count). The fourth-order valence-electron chi connectivity index (χ4n) is 1.66. The minimum Gasteiger partial charge on any atom is -0.472 e. The van der Waals surface area contributed by atoms with E-state index in [9.17, 15) is 0 Å². The molecule has 0 radical (unpaired) electrons. The lowest BCUT2D eigenvalue weighted by molar-refractivity contribution is 0.451. The topological polar surface area (TPSA) is 38.3 Å². The molecule has 1 atom stereocenters. The minimum absolute atomic E-state index is 0.264. The molecule has 2 heterocycles. The third-order valence-corrected chi connectivity index (χ3v) is 2.38. The van der Waals surface area contributed by atoms with Gasteiger partial charge in [-0.2, -0.15) is 0 Å². The van der Waals surface area contributed by atoms with Crippen LogP contribution in [0.4, 0.5) is 0 Å². The molecule has 0 aliphatic heterocycles. The Labute approximate surface area is 89.1 Å². The quantitative estimate of drug-likeness (QED) is 0.815. The zero-order valence-electron chi connectivity index (χ0n) is 8.77. The molecule has 0 saturated heterocycles. The summed E-state index contributed by atoms with van der Waals surface area (Å²) < 4.78 is 10.4. The van der Waals surface area contributed by atoms with Crippen LogP contribution in [-0.4, -0.2) is 6.54 Å². The Bertz CT molecular complexity index is 364. The Morgan fingerprint density at radius 3 is 2.87 bits per heavy atom. The van der Waals surface area contributed by atoms with Crippen LogP contribution in [0.5, 0.6) is 0 Å². The lowest BCUT2D eigenvalue weighted by Gasteiger charge is -2.14. The van der Waals surface area contributed by atoms with Crippen LogP contribution in [0.15, 0.2) is 45.8 Å². The van der Waals surface area contributed by atoms with E-state index in [2.05, 4.69) is 12.2 Å². The van der Waals surface area contributed by atoms with E-state index >= 15 is 0 Å². The molecule has 15 heavy (non-hydrogen) atoms. The Morgan fingerprint density at radius 2 is 2.27 bits per heavy atom. The molecule has 3 heteroatoms. The summed E-state index contributed by atoms with van der Waals surface area (Å²) in [7, 11) is 0. The van der Waals surface area contributed by atoms with E-state index in [-0.39, 0.29) is 6.04 Å². The van der Waals surface area contributed by atoms with Crippen molar-refractivity contribution in [2.24, 2.45) is 0 Å². The van der Waals surface area contributed by atoms with Gasteiger partial charge in [0.1, 0.15) is 5.76 Å². The normalized spacial score (nSPS) is 12.9. The van der Waals surface area contributed by atoms with Crippen molar-refractivity contribution in [1.29, 1.82) is 0 Å². The Hall–Kier alpha value is -1.48. The summed E-state index contributed by atoms with van der Waals surface area (Å²) in [5, 5.41) is 3.40. The zero-order chi connectivity index (χ0) is 10.5. The van der Waals surface area contributed by atoms with Crippen molar-refractivity contribution in [2.75, 3.05) is 6.54 Å². The Kier molecular flexibility index (Phi) is 3.25. The predicted molar refractivity (Wildman–Crippen MR) is 57.5 cm³/mol. The molecule has 0 amide bonds. The number of nitrogens with one attached hydrogen (secondary N) is 1. The summed E-state index contributed by atoms with van der Waals surface area (Å²) in [4.78, 5) is 0. The van der Waals surface area contributed by atoms with Crippen molar-refractivity contribution in [3.8, 4) is 0 Å². The summed E-state index contributed by atoms with van der Waals surface area (Å²) in [5.41, 5.74) is 1.16. The summed E-state index contributed by atoms with van der Waals surface area (Å²) in [6.45, 7) is 3.02. The van der Waals surface area contributed by atoms with Gasteiger partial charge >= 0.3 is 0 Å². The molecule has 0 spiro atoms. The van der Waals surface area contributed by atoms with Gasteiger partial charge in [0.2, 0.25) is 0 Å². The molecule has 3 nitrogen and oxygen atoms in total. The van der Waals surface area contributed by atoms with E-state index in [0.717, 1.165) is 24.3 Å². The predicted octanol–water partition coefficient (Wildman–Crippen LogP) is 2.77. The number of rotatable bonds is 5. The van der Waals surface area contributed by atoms with Crippen LogP contribution in [0.1, 0.15) is 24.3 Å². The van der Waals surface area contributed by atoms with Gasteiger partial charge < -0.3 is 14.2 Å². The maximum Gasteiger partial charge on any atom is 0.105 e. The van der Waals surface area contributed by atoms with Crippen LogP contribution in [0, 0.1) is 0 Å². The SMILES string of the molecule is CCNC(Cc1ccco1)c1ccoc1. The molecule has 1 N–H and O–H groups in total. The second kappa shape index (κ2) is 4.84. The fourth-order valence-corrected chi connectivity index (χ4v) is 1.66. The largest absolute Gasteiger partial charge is 0.472 e. The maximum absolute atomic E-state index is 5.34. The minimum atomic E-state index is 0.264. The molecule has 2 aromatic rings. The van der Waals surface area contributed by atoms with Gasteiger partial charge in [0, 0.05) is 18.0 Å². The van der Waals surface area contributed by atoms with Crippen LogP contribution < -0.4 is 5.32 Å². The van der Waals surface area contributed by atoms with Crippen molar-refractivity contribution < 1.29 is 8.83 Å². The smallest absolute Gasteiger partial charge is 0.105 e. The van der Waals surface area contributed by atoms with Gasteiger partial charge in [0.25, 0.3) is 0 Å². The number of furan rings is 2. The molecule has 0 aromatic carbocycles. The van der Waals surface area contributed by atoms with E-state index in [1.807, 2.05) is 18.2 Å². The molecular formula is C12H15NO2. The van der Waals surface area contributed by atoms with Crippen molar-refractivity contribution in [3.63, 3.8) is 0 Å². The monoisotopic (exact) mass is 205 g/mol. The standard InChI is InChI=1S/C12H15NO2/c1-2-13-12(10-5-7-14-9-10)8-11-4-3-6-15-11/h3-7,9,12-13H,2,8H2,1H3. The second-order valence-corrected chi connectivity index (χ2v) is 3.45. The van der Waals surface area contributed by atoms with Crippen molar-refractivity contribution in [2.45, 2.75) is 19.4 Å². The highest BCUT2D eigenvalue weighted by molar-refractivity contribution is 5.14. The summed E-state index contributed by atoms with van der Waals surface area (Å²) in [5.74, 6) is 0.988. The average molecular weight is 205 g/mol. The van der Waals surface area contributed by atoms with Crippen LogP contribution in [-0.2, 0) is 6.42 Å². The molecule has 0 fully saturated rings. The Balaban J connectivity index is 2.07. The zero-order valence-corrected chi connectivity index (χ0v) is 8.77. The first kappa shape index (κ1) is 10.1. The molecule has 0 aliphatic rings. The van der Waals surface area contributed by atoms with Gasteiger partial charge in [0.05, 0.1) is 18.8 Å². The van der Waals surface area contributed by atoms with Gasteiger partial charge in [-0.05, 0) is 24.7 Å². The third kappa shape index (κ3) is 2.50. The highest BCUT2D eigenvalue weighted by Crippen LogP contribution is 2.18. The van der Waals surface area contributed by atoms with Gasteiger partial charge in [-0.25, -0.2) is 0 Å². The highest BCUT2D eigenvalue weighted by Gasteiger charge is 2.13. The van der Waals surface area contributed by atoms with Crippen molar-refractivity contribution in [3.05, 3.63) is 48.3 Å². The van der Waals surface area contributed by atoms with Gasteiger partial charge in [-0.1, -0.05) is 6.92 Å². The number of likely N-dealkylation sites (N-methyl/N-ethyl adjacent to an activating group) is 1. The van der Waals surface area contributed by atoms with Gasteiger partial charge in [0.15, 0.2) is 0 Å². The average Bonchev–Trinajstić information content (AvgIpc) is 2.89. The molecule has 80 valence electrons. The molecule has 2 aromatic heterocycles. The molecule has 0 bridgehead atoms. The molecule has 0 aliphatic carbocycles. The highest BCUT2D eigenvalue weighted by atomic mass is 16.3. The van der Waals surface area contributed by atoms with E-state index in [1.54, 1.807) is 18.8 Å².